The maximum Gasteiger partial charge on any atom is 0.411 e. The van der Waals surface area contributed by atoms with E-state index in [1.54, 1.807) is 0 Å². The molecule has 0 atom stereocenters. The zero-order chi connectivity index (χ0) is 10.2. The summed E-state index contributed by atoms with van der Waals surface area (Å²) in [5, 5.41) is 3.25. The van der Waals surface area contributed by atoms with Crippen LogP contribution in [0.1, 0.15) is 32.1 Å². The molecule has 14 heavy (non-hydrogen) atoms. The van der Waals surface area contributed by atoms with Crippen LogP contribution in [0.4, 0.5) is 4.79 Å². The number of nitrogens with two attached hydrogens (primary N) is 1. The van der Waals surface area contributed by atoms with Gasteiger partial charge in [0.1, 0.15) is 0 Å². The highest BCUT2D eigenvalue weighted by molar-refractivity contribution is 7.80. The van der Waals surface area contributed by atoms with Gasteiger partial charge in [-0.3, -0.25) is 0 Å². The Kier molecular flexibility index (Phi) is 2.34. The number of carbonyl (C=O) groups is 1. The van der Waals surface area contributed by atoms with Gasteiger partial charge in [-0.15, -0.1) is 0 Å². The van der Waals surface area contributed by atoms with Crippen LogP contribution in [0.15, 0.2) is 0 Å². The van der Waals surface area contributed by atoms with Gasteiger partial charge in [0, 0.05) is 5.54 Å². The lowest BCUT2D eigenvalue weighted by molar-refractivity contribution is 0.204. The Labute approximate surface area is 88.2 Å². The molecule has 0 aromatic carbocycles. The Morgan fingerprint density at radius 3 is 2.57 bits per heavy atom. The van der Waals surface area contributed by atoms with Crippen LogP contribution in [0.3, 0.4) is 0 Å². The van der Waals surface area contributed by atoms with Crippen molar-refractivity contribution in [3.63, 3.8) is 0 Å². The summed E-state index contributed by atoms with van der Waals surface area (Å²) in [5.41, 5.74) is 4.97. The van der Waals surface area contributed by atoms with E-state index in [2.05, 4.69) is 10.1 Å². The van der Waals surface area contributed by atoms with E-state index in [0.29, 0.717) is 0 Å². The molecule has 2 aliphatic carbocycles. The van der Waals surface area contributed by atoms with Crippen LogP contribution in [0.2, 0.25) is 0 Å². The van der Waals surface area contributed by atoms with Crippen LogP contribution in [0, 0.1) is 5.92 Å². The third-order valence-electron chi connectivity index (χ3n) is 3.30. The highest BCUT2D eigenvalue weighted by Crippen LogP contribution is 2.47. The minimum absolute atomic E-state index is 0.0944. The summed E-state index contributed by atoms with van der Waals surface area (Å²) in [6.07, 6.45) is 5.07. The van der Waals surface area contributed by atoms with Crippen LogP contribution in [0.25, 0.3) is 0 Å². The summed E-state index contributed by atoms with van der Waals surface area (Å²) in [4.78, 5) is 10.5. The van der Waals surface area contributed by atoms with Crippen LogP contribution >= 0.6 is 12.2 Å². The number of rotatable bonds is 1. The van der Waals surface area contributed by atoms with E-state index in [9.17, 15) is 4.79 Å². The van der Waals surface area contributed by atoms with Crippen LogP contribution in [-0.2, 0) is 4.74 Å². The first-order valence-corrected chi connectivity index (χ1v) is 5.30. The zero-order valence-corrected chi connectivity index (χ0v) is 8.73. The van der Waals surface area contributed by atoms with Gasteiger partial charge in [0.25, 0.3) is 5.17 Å². The lowest BCUT2D eigenvalue weighted by Crippen LogP contribution is -2.46. The van der Waals surface area contributed by atoms with Gasteiger partial charge in [-0.1, -0.05) is 0 Å². The monoisotopic (exact) mass is 214 g/mol. The number of carbonyl (C=O) groups excluding carboxylic acids is 1. The molecule has 0 heterocycles. The van der Waals surface area contributed by atoms with Crippen molar-refractivity contribution in [1.29, 1.82) is 0 Å². The molecule has 2 bridgehead atoms. The van der Waals surface area contributed by atoms with E-state index in [-0.39, 0.29) is 10.7 Å². The Hall–Kier alpha value is -0.840. The SMILES string of the molecule is NC(=O)OC(=S)NC12CCC(CC1)C2. The van der Waals surface area contributed by atoms with E-state index in [1.165, 1.54) is 12.8 Å². The van der Waals surface area contributed by atoms with E-state index >= 15 is 0 Å². The molecule has 0 saturated heterocycles. The first-order chi connectivity index (χ1) is 6.60. The number of amides is 1. The number of nitrogens with one attached hydrogen (secondary N) is 1. The Morgan fingerprint density at radius 2 is 2.14 bits per heavy atom. The fraction of sp³-hybridized carbons (Fsp3) is 0.778. The predicted molar refractivity (Wildman–Crippen MR) is 55.7 cm³/mol. The summed E-state index contributed by atoms with van der Waals surface area (Å²) in [7, 11) is 0. The molecule has 0 radical (unpaired) electrons. The molecule has 0 aliphatic heterocycles. The van der Waals surface area contributed by atoms with Crippen molar-refractivity contribution in [3.05, 3.63) is 0 Å². The lowest BCUT2D eigenvalue weighted by atomic mass is 9.94. The molecule has 4 nitrogen and oxygen atoms in total. The van der Waals surface area contributed by atoms with Crippen molar-refractivity contribution < 1.29 is 9.53 Å². The molecule has 2 fully saturated rings. The van der Waals surface area contributed by atoms with Gasteiger partial charge < -0.3 is 15.8 Å². The number of hydrogen-bond acceptors (Lipinski definition) is 3. The maximum atomic E-state index is 10.5. The van der Waals surface area contributed by atoms with E-state index in [0.717, 1.165) is 25.2 Å². The molecule has 1 amide bonds. The normalized spacial score (nSPS) is 34.1. The molecule has 2 rings (SSSR count). The number of ether oxygens (including phenoxy) is 1. The van der Waals surface area contributed by atoms with E-state index in [1.807, 2.05) is 0 Å². The summed E-state index contributed by atoms with van der Waals surface area (Å²) < 4.78 is 4.62. The van der Waals surface area contributed by atoms with Crippen molar-refractivity contribution >= 4 is 23.5 Å². The lowest BCUT2D eigenvalue weighted by Gasteiger charge is -2.28. The fourth-order valence-corrected chi connectivity index (χ4v) is 3.00. The van der Waals surface area contributed by atoms with Crippen LogP contribution < -0.4 is 11.1 Å². The molecule has 2 aliphatic rings. The number of primary amides is 1. The highest BCUT2D eigenvalue weighted by atomic mass is 32.1. The average molecular weight is 214 g/mol. The largest absolute Gasteiger partial charge is 0.411 e. The summed E-state index contributed by atoms with van der Waals surface area (Å²) in [6, 6.07) is 0. The first-order valence-electron chi connectivity index (χ1n) is 4.89. The Bertz CT molecular complexity index is 272. The van der Waals surface area contributed by atoms with Crippen molar-refractivity contribution in [1.82, 2.24) is 5.32 Å². The zero-order valence-electron chi connectivity index (χ0n) is 7.91. The van der Waals surface area contributed by atoms with Crippen molar-refractivity contribution in [3.8, 4) is 0 Å². The van der Waals surface area contributed by atoms with E-state index in [4.69, 9.17) is 18.0 Å². The van der Waals surface area contributed by atoms with Crippen LogP contribution in [-0.4, -0.2) is 16.8 Å². The standard InChI is InChI=1S/C9H14N2O2S/c10-7(12)13-8(14)11-9-3-1-6(5-9)2-4-9/h6H,1-5H2,(H2,10,12)(H,11,14). The van der Waals surface area contributed by atoms with Crippen LogP contribution in [0.5, 0.6) is 0 Å². The third-order valence-corrected chi connectivity index (χ3v) is 3.49. The fourth-order valence-electron chi connectivity index (χ4n) is 2.70. The number of hydrogen-bond donors (Lipinski definition) is 2. The quantitative estimate of drug-likeness (QED) is 0.645. The van der Waals surface area contributed by atoms with Gasteiger partial charge in [-0.05, 0) is 50.2 Å². The molecular formula is C9H14N2O2S. The van der Waals surface area contributed by atoms with Gasteiger partial charge >= 0.3 is 6.09 Å². The second-order valence-corrected chi connectivity index (χ2v) is 4.63. The average Bonchev–Trinajstić information content (AvgIpc) is 2.60. The van der Waals surface area contributed by atoms with Crippen molar-refractivity contribution in [2.75, 3.05) is 0 Å². The Morgan fingerprint density at radius 1 is 1.50 bits per heavy atom. The molecular weight excluding hydrogens is 200 g/mol. The number of thiocarbonyl (C=S) groups is 1. The van der Waals surface area contributed by atoms with E-state index < -0.39 is 6.09 Å². The van der Waals surface area contributed by atoms with Gasteiger partial charge in [0.2, 0.25) is 0 Å². The topological polar surface area (TPSA) is 64.4 Å². The van der Waals surface area contributed by atoms with Gasteiger partial charge in [0.05, 0.1) is 0 Å². The predicted octanol–water partition coefficient (Wildman–Crippen LogP) is 1.29. The van der Waals surface area contributed by atoms with Gasteiger partial charge in [-0.25, -0.2) is 4.79 Å². The summed E-state index contributed by atoms with van der Waals surface area (Å²) in [6.45, 7) is 0. The molecule has 0 aromatic rings. The molecule has 2 saturated carbocycles. The van der Waals surface area contributed by atoms with Crippen molar-refractivity contribution in [2.24, 2.45) is 11.7 Å². The minimum atomic E-state index is -0.841. The smallest absolute Gasteiger partial charge is 0.383 e. The molecule has 5 heteroatoms. The molecule has 0 unspecified atom stereocenters. The summed E-state index contributed by atoms with van der Waals surface area (Å²) >= 11 is 4.89. The van der Waals surface area contributed by atoms with Gasteiger partial charge in [-0.2, -0.15) is 0 Å². The maximum absolute atomic E-state index is 10.5. The molecule has 78 valence electrons. The molecule has 3 N–H and O–H groups in total. The Balaban J connectivity index is 1.90. The highest BCUT2D eigenvalue weighted by Gasteiger charge is 2.45. The third kappa shape index (κ3) is 1.82. The summed E-state index contributed by atoms with van der Waals surface area (Å²) in [5.74, 6) is 0.832. The minimum Gasteiger partial charge on any atom is -0.383 e. The molecule has 0 aromatic heterocycles. The second-order valence-electron chi connectivity index (χ2n) is 4.26. The molecule has 0 spiro atoms. The first kappa shape index (κ1) is 9.71. The number of fused-ring (bicyclic) bond motifs is 2. The second kappa shape index (κ2) is 3.38. The van der Waals surface area contributed by atoms with Crippen molar-refractivity contribution in [2.45, 2.75) is 37.6 Å². The van der Waals surface area contributed by atoms with Gasteiger partial charge in [0.15, 0.2) is 0 Å².